The lowest BCUT2D eigenvalue weighted by Gasteiger charge is -2.02. The van der Waals surface area contributed by atoms with Crippen LogP contribution in [0.3, 0.4) is 0 Å². The van der Waals surface area contributed by atoms with Gasteiger partial charge in [-0.3, -0.25) is 14.8 Å². The number of pyridine rings is 2. The Morgan fingerprint density at radius 2 is 1.76 bits per heavy atom. The van der Waals surface area contributed by atoms with Gasteiger partial charge in [0.05, 0.1) is 23.8 Å². The molecular formula is C14H11N5OS. The molecule has 0 fully saturated rings. The van der Waals surface area contributed by atoms with E-state index in [0.717, 1.165) is 5.69 Å². The summed E-state index contributed by atoms with van der Waals surface area (Å²) in [5.74, 6) is -0.265. The lowest BCUT2D eigenvalue weighted by molar-refractivity contribution is 0.102. The van der Waals surface area contributed by atoms with Crippen molar-refractivity contribution in [3.8, 4) is 0 Å². The molecule has 7 heteroatoms. The van der Waals surface area contributed by atoms with Gasteiger partial charge in [0.2, 0.25) is 0 Å². The first-order chi connectivity index (χ1) is 10.3. The van der Waals surface area contributed by atoms with Crippen molar-refractivity contribution in [1.29, 1.82) is 0 Å². The Morgan fingerprint density at radius 3 is 2.43 bits per heavy atom. The third kappa shape index (κ3) is 3.40. The fourth-order valence-electron chi connectivity index (χ4n) is 1.63. The molecule has 0 atom stereocenters. The molecule has 0 bridgehead atoms. The minimum atomic E-state index is -0.265. The molecular weight excluding hydrogens is 286 g/mol. The molecule has 0 aromatic carbocycles. The molecule has 21 heavy (non-hydrogen) atoms. The van der Waals surface area contributed by atoms with Crippen molar-refractivity contribution < 1.29 is 4.79 Å². The van der Waals surface area contributed by atoms with E-state index in [9.17, 15) is 4.79 Å². The van der Waals surface area contributed by atoms with Crippen LogP contribution in [0.15, 0.2) is 54.4 Å². The highest BCUT2D eigenvalue weighted by atomic mass is 32.1. The SMILES string of the molecule is O=C(Nc1cccnc1)c1csc(Nc2cccnc2)n1. The summed E-state index contributed by atoms with van der Waals surface area (Å²) in [5.41, 5.74) is 1.82. The van der Waals surface area contributed by atoms with Crippen molar-refractivity contribution in [2.24, 2.45) is 0 Å². The van der Waals surface area contributed by atoms with Crippen LogP contribution >= 0.6 is 11.3 Å². The summed E-state index contributed by atoms with van der Waals surface area (Å²) in [6.07, 6.45) is 6.62. The molecule has 3 rings (SSSR count). The van der Waals surface area contributed by atoms with Crippen LogP contribution in [-0.4, -0.2) is 20.9 Å². The summed E-state index contributed by atoms with van der Waals surface area (Å²) in [5, 5.41) is 8.17. The maximum Gasteiger partial charge on any atom is 0.275 e. The van der Waals surface area contributed by atoms with Gasteiger partial charge in [-0.05, 0) is 24.3 Å². The van der Waals surface area contributed by atoms with Gasteiger partial charge in [0.25, 0.3) is 5.91 Å². The number of thiazole rings is 1. The minimum Gasteiger partial charge on any atom is -0.330 e. The first kappa shape index (κ1) is 13.2. The lowest BCUT2D eigenvalue weighted by atomic mass is 10.4. The molecule has 0 saturated carbocycles. The van der Waals surface area contributed by atoms with Crippen LogP contribution < -0.4 is 10.6 Å². The minimum absolute atomic E-state index is 0.265. The molecule has 2 N–H and O–H groups in total. The number of nitrogens with one attached hydrogen (secondary N) is 2. The van der Waals surface area contributed by atoms with E-state index in [4.69, 9.17) is 0 Å². The number of aromatic nitrogens is 3. The molecule has 6 nitrogen and oxygen atoms in total. The number of anilines is 3. The first-order valence-corrected chi connectivity index (χ1v) is 7.03. The molecule has 0 spiro atoms. The Balaban J connectivity index is 1.68. The van der Waals surface area contributed by atoms with Crippen molar-refractivity contribution in [1.82, 2.24) is 15.0 Å². The molecule has 0 aliphatic carbocycles. The van der Waals surface area contributed by atoms with Crippen LogP contribution in [0.5, 0.6) is 0 Å². The van der Waals surface area contributed by atoms with Crippen molar-refractivity contribution >= 4 is 33.8 Å². The Morgan fingerprint density at radius 1 is 1.05 bits per heavy atom. The second kappa shape index (κ2) is 6.10. The smallest absolute Gasteiger partial charge is 0.275 e. The number of hydrogen-bond acceptors (Lipinski definition) is 6. The molecule has 3 heterocycles. The molecule has 1 amide bonds. The number of hydrogen-bond donors (Lipinski definition) is 2. The zero-order valence-corrected chi connectivity index (χ0v) is 11.7. The van der Waals surface area contributed by atoms with Crippen molar-refractivity contribution in [3.63, 3.8) is 0 Å². The summed E-state index contributed by atoms with van der Waals surface area (Å²) in [7, 11) is 0. The highest BCUT2D eigenvalue weighted by molar-refractivity contribution is 7.14. The molecule has 0 saturated heterocycles. The fourth-order valence-corrected chi connectivity index (χ4v) is 2.34. The van der Waals surface area contributed by atoms with Crippen LogP contribution in [-0.2, 0) is 0 Å². The highest BCUT2D eigenvalue weighted by Crippen LogP contribution is 2.20. The van der Waals surface area contributed by atoms with E-state index in [1.807, 2.05) is 12.1 Å². The normalized spacial score (nSPS) is 10.1. The Bertz CT molecular complexity index is 729. The van der Waals surface area contributed by atoms with E-state index in [1.54, 1.807) is 42.3 Å². The Kier molecular flexibility index (Phi) is 3.83. The van der Waals surface area contributed by atoms with Gasteiger partial charge >= 0.3 is 0 Å². The summed E-state index contributed by atoms with van der Waals surface area (Å²) in [4.78, 5) is 24.2. The van der Waals surface area contributed by atoms with Gasteiger partial charge in [0, 0.05) is 17.8 Å². The maximum atomic E-state index is 12.0. The van der Waals surface area contributed by atoms with E-state index in [0.29, 0.717) is 16.5 Å². The van der Waals surface area contributed by atoms with E-state index in [-0.39, 0.29) is 5.91 Å². The Hall–Kier alpha value is -2.80. The molecule has 0 unspecified atom stereocenters. The van der Waals surface area contributed by atoms with Crippen molar-refractivity contribution in [3.05, 3.63) is 60.1 Å². The number of carbonyl (C=O) groups excluding carboxylic acids is 1. The highest BCUT2D eigenvalue weighted by Gasteiger charge is 2.11. The summed E-state index contributed by atoms with van der Waals surface area (Å²) in [6.45, 7) is 0. The third-order valence-corrected chi connectivity index (χ3v) is 3.33. The number of amides is 1. The van der Waals surface area contributed by atoms with Crippen LogP contribution in [0.2, 0.25) is 0 Å². The van der Waals surface area contributed by atoms with Gasteiger partial charge < -0.3 is 10.6 Å². The monoisotopic (exact) mass is 297 g/mol. The Labute approximate surface area is 124 Å². The second-order valence-electron chi connectivity index (χ2n) is 4.10. The summed E-state index contributed by atoms with van der Waals surface area (Å²) in [6, 6.07) is 7.23. The second-order valence-corrected chi connectivity index (χ2v) is 4.96. The zero-order valence-electron chi connectivity index (χ0n) is 10.9. The average Bonchev–Trinajstić information content (AvgIpc) is 2.98. The lowest BCUT2D eigenvalue weighted by Crippen LogP contribution is -2.12. The molecule has 104 valence electrons. The molecule has 3 aromatic rings. The first-order valence-electron chi connectivity index (χ1n) is 6.15. The van der Waals surface area contributed by atoms with E-state index in [1.165, 1.54) is 11.3 Å². The van der Waals surface area contributed by atoms with Crippen LogP contribution in [0.1, 0.15) is 10.5 Å². The van der Waals surface area contributed by atoms with Gasteiger partial charge in [-0.2, -0.15) is 0 Å². The fraction of sp³-hybridized carbons (Fsp3) is 0. The van der Waals surface area contributed by atoms with Gasteiger partial charge in [-0.15, -0.1) is 11.3 Å². The quantitative estimate of drug-likeness (QED) is 0.774. The van der Waals surface area contributed by atoms with Gasteiger partial charge in [-0.1, -0.05) is 0 Å². The molecule has 0 aliphatic rings. The predicted molar refractivity (Wildman–Crippen MR) is 81.8 cm³/mol. The third-order valence-electron chi connectivity index (χ3n) is 2.57. The molecule has 3 aromatic heterocycles. The van der Waals surface area contributed by atoms with E-state index >= 15 is 0 Å². The van der Waals surface area contributed by atoms with Gasteiger partial charge in [-0.25, -0.2) is 4.98 Å². The topological polar surface area (TPSA) is 79.8 Å². The zero-order chi connectivity index (χ0) is 14.5. The van der Waals surface area contributed by atoms with E-state index < -0.39 is 0 Å². The average molecular weight is 297 g/mol. The largest absolute Gasteiger partial charge is 0.330 e. The van der Waals surface area contributed by atoms with Gasteiger partial charge in [0.1, 0.15) is 5.69 Å². The van der Waals surface area contributed by atoms with Crippen molar-refractivity contribution in [2.75, 3.05) is 10.6 Å². The number of nitrogens with zero attached hydrogens (tertiary/aromatic N) is 3. The van der Waals surface area contributed by atoms with Crippen LogP contribution in [0.25, 0.3) is 0 Å². The van der Waals surface area contributed by atoms with Crippen LogP contribution in [0.4, 0.5) is 16.5 Å². The summed E-state index contributed by atoms with van der Waals surface area (Å²) >= 11 is 1.36. The van der Waals surface area contributed by atoms with Crippen molar-refractivity contribution in [2.45, 2.75) is 0 Å². The number of carbonyl (C=O) groups is 1. The predicted octanol–water partition coefficient (Wildman–Crippen LogP) is 2.93. The van der Waals surface area contributed by atoms with Gasteiger partial charge in [0.15, 0.2) is 5.13 Å². The molecule has 0 radical (unpaired) electrons. The number of rotatable bonds is 4. The maximum absolute atomic E-state index is 12.0. The van der Waals surface area contributed by atoms with Crippen LogP contribution in [0, 0.1) is 0 Å². The molecule has 0 aliphatic heterocycles. The standard InChI is InChI=1S/C14H11N5OS/c20-13(17-10-3-1-5-15-7-10)12-9-21-14(19-12)18-11-4-2-6-16-8-11/h1-9H,(H,17,20)(H,18,19). The summed E-state index contributed by atoms with van der Waals surface area (Å²) < 4.78 is 0. The van der Waals surface area contributed by atoms with E-state index in [2.05, 4.69) is 25.6 Å².